The molecule has 6 rings (SSSR count). The molecule has 0 spiro atoms. The molecule has 1 atom stereocenters. The maximum absolute atomic E-state index is 13.5. The monoisotopic (exact) mass is 536 g/mol. The molecule has 6 heteroatoms. The Morgan fingerprint density at radius 1 is 0.900 bits per heavy atom. The van der Waals surface area contributed by atoms with Gasteiger partial charge >= 0.3 is 0 Å². The molecule has 1 unspecified atom stereocenters. The van der Waals surface area contributed by atoms with Crippen LogP contribution in [0.2, 0.25) is 0 Å². The molecule has 3 aliphatic rings. The Balaban J connectivity index is 1.23. The maximum atomic E-state index is 13.5. The second-order valence-electron chi connectivity index (χ2n) is 11.6. The highest BCUT2D eigenvalue weighted by molar-refractivity contribution is 6.05. The minimum atomic E-state index is -0.129. The Morgan fingerprint density at radius 3 is 2.55 bits per heavy atom. The van der Waals surface area contributed by atoms with Gasteiger partial charge in [-0.15, -0.1) is 0 Å². The Kier molecular flexibility index (Phi) is 7.98. The summed E-state index contributed by atoms with van der Waals surface area (Å²) < 4.78 is 0. The zero-order chi connectivity index (χ0) is 27.5. The molecule has 0 aliphatic carbocycles. The number of benzene rings is 3. The van der Waals surface area contributed by atoms with Crippen LogP contribution in [0.15, 0.2) is 66.7 Å². The highest BCUT2D eigenvalue weighted by Crippen LogP contribution is 2.31. The van der Waals surface area contributed by atoms with Crippen molar-refractivity contribution in [2.75, 3.05) is 43.4 Å². The molecule has 3 heterocycles. The molecule has 208 valence electrons. The molecule has 40 heavy (non-hydrogen) atoms. The molecule has 1 N–H and O–H groups in total. The van der Waals surface area contributed by atoms with E-state index in [0.717, 1.165) is 37.3 Å². The van der Waals surface area contributed by atoms with Crippen molar-refractivity contribution < 1.29 is 9.59 Å². The number of piperidine rings is 2. The number of amides is 2. The van der Waals surface area contributed by atoms with Gasteiger partial charge in [-0.1, -0.05) is 48.9 Å². The van der Waals surface area contributed by atoms with Crippen LogP contribution in [0.4, 0.5) is 11.4 Å². The summed E-state index contributed by atoms with van der Waals surface area (Å²) >= 11 is 0. The average molecular weight is 537 g/mol. The van der Waals surface area contributed by atoms with E-state index in [0.29, 0.717) is 23.7 Å². The first-order valence-electron chi connectivity index (χ1n) is 14.9. The lowest BCUT2D eigenvalue weighted by Gasteiger charge is -2.41. The van der Waals surface area contributed by atoms with Crippen LogP contribution in [-0.2, 0) is 17.8 Å². The molecule has 3 aromatic rings. The number of hydrogen-bond donors (Lipinski definition) is 1. The Labute approximate surface area is 238 Å². The van der Waals surface area contributed by atoms with Crippen LogP contribution in [0.1, 0.15) is 60.0 Å². The molecule has 2 saturated heterocycles. The van der Waals surface area contributed by atoms with Crippen molar-refractivity contribution in [2.45, 2.75) is 57.5 Å². The van der Waals surface area contributed by atoms with Crippen molar-refractivity contribution in [1.29, 1.82) is 0 Å². The molecule has 6 nitrogen and oxygen atoms in total. The van der Waals surface area contributed by atoms with Crippen molar-refractivity contribution in [3.05, 3.63) is 83.4 Å². The van der Waals surface area contributed by atoms with E-state index >= 15 is 0 Å². The highest BCUT2D eigenvalue weighted by atomic mass is 16.2. The van der Waals surface area contributed by atoms with Crippen LogP contribution in [0.3, 0.4) is 0 Å². The van der Waals surface area contributed by atoms with E-state index in [1.54, 1.807) is 11.9 Å². The van der Waals surface area contributed by atoms with Gasteiger partial charge in [-0.05, 0) is 98.3 Å². The molecule has 2 amide bonds. The third-order valence-corrected chi connectivity index (χ3v) is 8.92. The quantitative estimate of drug-likeness (QED) is 0.422. The molecule has 3 aromatic carbocycles. The topological polar surface area (TPSA) is 55.9 Å². The number of nitrogens with zero attached hydrogens (tertiary/aromatic N) is 3. The fourth-order valence-electron chi connectivity index (χ4n) is 6.67. The van der Waals surface area contributed by atoms with Gasteiger partial charge in [0.15, 0.2) is 0 Å². The number of aryl methyl sites for hydroxylation is 1. The summed E-state index contributed by atoms with van der Waals surface area (Å²) in [5.41, 5.74) is 6.93. The van der Waals surface area contributed by atoms with Gasteiger partial charge in [-0.25, -0.2) is 0 Å². The lowest BCUT2D eigenvalue weighted by atomic mass is 9.95. The minimum Gasteiger partial charge on any atom is -0.322 e. The van der Waals surface area contributed by atoms with Crippen LogP contribution < -0.4 is 10.2 Å². The van der Waals surface area contributed by atoms with Crippen molar-refractivity contribution in [2.24, 2.45) is 0 Å². The second-order valence-corrected chi connectivity index (χ2v) is 11.6. The van der Waals surface area contributed by atoms with Crippen molar-refractivity contribution in [3.8, 4) is 11.1 Å². The molecule has 0 saturated carbocycles. The van der Waals surface area contributed by atoms with E-state index in [9.17, 15) is 9.59 Å². The predicted octanol–water partition coefficient (Wildman–Crippen LogP) is 5.97. The Hall–Kier alpha value is -3.48. The van der Waals surface area contributed by atoms with Crippen LogP contribution >= 0.6 is 0 Å². The van der Waals surface area contributed by atoms with Crippen LogP contribution in [-0.4, -0.2) is 60.9 Å². The van der Waals surface area contributed by atoms with Gasteiger partial charge in [0, 0.05) is 49.5 Å². The first-order valence-corrected chi connectivity index (χ1v) is 14.9. The van der Waals surface area contributed by atoms with E-state index in [-0.39, 0.29) is 11.8 Å². The van der Waals surface area contributed by atoms with Crippen molar-refractivity contribution in [3.63, 3.8) is 0 Å². The normalized spacial score (nSPS) is 20.3. The maximum Gasteiger partial charge on any atom is 0.255 e. The van der Waals surface area contributed by atoms with Gasteiger partial charge in [0.1, 0.15) is 0 Å². The molecule has 3 aliphatic heterocycles. The van der Waals surface area contributed by atoms with E-state index in [1.165, 1.54) is 61.9 Å². The molecular weight excluding hydrogens is 496 g/mol. The largest absolute Gasteiger partial charge is 0.322 e. The lowest BCUT2D eigenvalue weighted by molar-refractivity contribution is -0.118. The fourth-order valence-corrected chi connectivity index (χ4v) is 6.67. The van der Waals surface area contributed by atoms with Gasteiger partial charge in [0.25, 0.3) is 5.91 Å². The number of likely N-dealkylation sites (tertiary alicyclic amines) is 2. The Bertz CT molecular complexity index is 1370. The van der Waals surface area contributed by atoms with Crippen molar-refractivity contribution >= 4 is 23.2 Å². The minimum absolute atomic E-state index is 0.109. The van der Waals surface area contributed by atoms with Crippen molar-refractivity contribution in [1.82, 2.24) is 9.80 Å². The van der Waals surface area contributed by atoms with Gasteiger partial charge in [-0.2, -0.15) is 0 Å². The van der Waals surface area contributed by atoms with Crippen LogP contribution in [0.5, 0.6) is 0 Å². The smallest absolute Gasteiger partial charge is 0.255 e. The first kappa shape index (κ1) is 26.7. The number of fused-ring (bicyclic) bond motifs is 1. The third kappa shape index (κ3) is 5.84. The number of carbonyl (C=O) groups is 2. The molecule has 0 radical (unpaired) electrons. The zero-order valence-electron chi connectivity index (χ0n) is 23.6. The number of hydrogen-bond acceptors (Lipinski definition) is 4. The standard InChI is InChI=1S/C34H40N4O2/c1-36-32-22-29(15-12-26(32)14-17-33(36)39)35-34(40)27-13-16-31(25-9-4-2-5-10-25)28(21-27)23-37-18-8-11-30(24-37)38-19-6-3-7-20-38/h2,4-5,9-10,12-13,15-16,21-22,30H,3,6-8,11,14,17-20,23-24H2,1H3,(H,35,40). The molecule has 2 fully saturated rings. The SMILES string of the molecule is CN1C(=O)CCc2ccc(NC(=O)c3ccc(-c4ccccc4)c(CN4CCCC(N5CCCCC5)C4)c3)cc21. The molecular formula is C34H40N4O2. The van der Waals surface area contributed by atoms with E-state index in [1.807, 2.05) is 30.3 Å². The zero-order valence-corrected chi connectivity index (χ0v) is 23.6. The third-order valence-electron chi connectivity index (χ3n) is 8.92. The number of anilines is 2. The summed E-state index contributed by atoms with van der Waals surface area (Å²) in [5.74, 6) is -0.0206. The van der Waals surface area contributed by atoms with Gasteiger partial charge in [0.2, 0.25) is 5.91 Å². The summed E-state index contributed by atoms with van der Waals surface area (Å²) in [7, 11) is 1.80. The lowest BCUT2D eigenvalue weighted by Crippen LogP contribution is -2.49. The number of rotatable bonds is 6. The van der Waals surface area contributed by atoms with E-state index in [2.05, 4.69) is 51.5 Å². The fraction of sp³-hybridized carbons (Fsp3) is 0.412. The van der Waals surface area contributed by atoms with Gasteiger partial charge in [0.05, 0.1) is 0 Å². The number of nitrogens with one attached hydrogen (secondary N) is 1. The van der Waals surface area contributed by atoms with Crippen LogP contribution in [0, 0.1) is 0 Å². The van der Waals surface area contributed by atoms with Gasteiger partial charge in [-0.3, -0.25) is 19.4 Å². The van der Waals surface area contributed by atoms with Crippen LogP contribution in [0.25, 0.3) is 11.1 Å². The first-order chi connectivity index (χ1) is 19.5. The molecule has 0 bridgehead atoms. The Morgan fingerprint density at radius 2 is 1.73 bits per heavy atom. The summed E-state index contributed by atoms with van der Waals surface area (Å²) in [6.45, 7) is 5.48. The summed E-state index contributed by atoms with van der Waals surface area (Å²) in [6.07, 6.45) is 7.78. The highest BCUT2D eigenvalue weighted by Gasteiger charge is 2.27. The second kappa shape index (κ2) is 11.9. The van der Waals surface area contributed by atoms with E-state index < -0.39 is 0 Å². The van der Waals surface area contributed by atoms with Gasteiger partial charge < -0.3 is 10.2 Å². The summed E-state index contributed by atoms with van der Waals surface area (Å²) in [6, 6.07) is 23.1. The predicted molar refractivity (Wildman–Crippen MR) is 162 cm³/mol. The number of carbonyl (C=O) groups excluding carboxylic acids is 2. The summed E-state index contributed by atoms with van der Waals surface area (Å²) in [4.78, 5) is 32.7. The molecule has 0 aromatic heterocycles. The summed E-state index contributed by atoms with van der Waals surface area (Å²) in [5, 5.41) is 3.09. The average Bonchev–Trinajstić information content (AvgIpc) is 3.00. The van der Waals surface area contributed by atoms with E-state index in [4.69, 9.17) is 0 Å².